The van der Waals surface area contributed by atoms with Crippen LogP contribution in [0.3, 0.4) is 0 Å². The van der Waals surface area contributed by atoms with Crippen molar-refractivity contribution < 1.29 is 19.5 Å². The summed E-state index contributed by atoms with van der Waals surface area (Å²) in [6, 6.07) is 17.6. The van der Waals surface area contributed by atoms with Crippen molar-refractivity contribution in [3.05, 3.63) is 72.4 Å². The first-order chi connectivity index (χ1) is 15.8. The van der Waals surface area contributed by atoms with Crippen LogP contribution in [-0.4, -0.2) is 47.6 Å². The molecule has 1 N–H and O–H groups in total. The second-order valence-electron chi connectivity index (χ2n) is 7.96. The van der Waals surface area contributed by atoms with E-state index in [9.17, 15) is 19.5 Å². The smallest absolute Gasteiger partial charge is 0.411 e. The molecule has 33 heavy (non-hydrogen) atoms. The van der Waals surface area contributed by atoms with Gasteiger partial charge in [0.2, 0.25) is 5.91 Å². The predicted octanol–water partition coefficient (Wildman–Crippen LogP) is 4.26. The van der Waals surface area contributed by atoms with Crippen molar-refractivity contribution >= 4 is 35.1 Å². The number of pyridine rings is 1. The Balaban J connectivity index is 1.65. The predicted molar refractivity (Wildman–Crippen MR) is 127 cm³/mol. The van der Waals surface area contributed by atoms with Gasteiger partial charge in [-0.15, -0.1) is 0 Å². The third-order valence-electron chi connectivity index (χ3n) is 5.75. The number of nitrogens with zero attached hydrogens (tertiary/aromatic N) is 4. The number of carbonyl (C=O) groups is 3. The van der Waals surface area contributed by atoms with E-state index in [0.29, 0.717) is 22.8 Å². The zero-order valence-electron chi connectivity index (χ0n) is 18.6. The van der Waals surface area contributed by atoms with Crippen LogP contribution in [0, 0.1) is 0 Å². The molecule has 1 aromatic heterocycles. The number of rotatable bonds is 3. The molecule has 2 heterocycles. The fourth-order valence-corrected chi connectivity index (χ4v) is 4.12. The summed E-state index contributed by atoms with van der Waals surface area (Å²) in [5.74, 6) is 0.231. The van der Waals surface area contributed by atoms with Gasteiger partial charge in [-0.1, -0.05) is 24.3 Å². The first-order valence-electron chi connectivity index (χ1n) is 10.5. The maximum absolute atomic E-state index is 12.8. The van der Waals surface area contributed by atoms with Crippen LogP contribution in [0.15, 0.2) is 66.9 Å². The molecule has 8 heteroatoms. The molecule has 2 aromatic carbocycles. The molecule has 1 aliphatic rings. The Labute approximate surface area is 191 Å². The second-order valence-corrected chi connectivity index (χ2v) is 7.96. The third kappa shape index (κ3) is 4.15. The molecule has 0 saturated heterocycles. The van der Waals surface area contributed by atoms with Crippen molar-refractivity contribution in [2.45, 2.75) is 19.9 Å². The lowest BCUT2D eigenvalue weighted by atomic mass is 9.99. The molecule has 3 amide bonds. The first kappa shape index (κ1) is 22.0. The molecule has 0 bridgehead atoms. The lowest BCUT2D eigenvalue weighted by Gasteiger charge is -2.39. The minimum Gasteiger partial charge on any atom is -0.465 e. The van der Waals surface area contributed by atoms with E-state index in [-0.39, 0.29) is 24.4 Å². The molecule has 168 valence electrons. The van der Waals surface area contributed by atoms with Crippen molar-refractivity contribution in [2.75, 3.05) is 28.3 Å². The van der Waals surface area contributed by atoms with Crippen molar-refractivity contribution in [1.82, 2.24) is 4.98 Å². The average molecular weight is 444 g/mol. The summed E-state index contributed by atoms with van der Waals surface area (Å²) in [5, 5.41) is 9.71. The minimum atomic E-state index is -1.07. The zero-order chi connectivity index (χ0) is 23.7. The Morgan fingerprint density at radius 3 is 2.30 bits per heavy atom. The Hall–Kier alpha value is -4.20. The Morgan fingerprint density at radius 2 is 1.70 bits per heavy atom. The summed E-state index contributed by atoms with van der Waals surface area (Å²) in [6.07, 6.45) is 0.564. The first-order valence-corrected chi connectivity index (χ1v) is 10.5. The molecule has 0 radical (unpaired) electrons. The molecule has 0 fully saturated rings. The highest BCUT2D eigenvalue weighted by molar-refractivity contribution is 6.06. The maximum atomic E-state index is 12.8. The fraction of sp³-hybridized carbons (Fsp3) is 0.200. The number of aromatic nitrogens is 1. The van der Waals surface area contributed by atoms with Gasteiger partial charge < -0.3 is 10.0 Å². The van der Waals surface area contributed by atoms with Gasteiger partial charge in [-0.25, -0.2) is 9.78 Å². The van der Waals surface area contributed by atoms with Gasteiger partial charge in [0, 0.05) is 32.3 Å². The van der Waals surface area contributed by atoms with Gasteiger partial charge in [-0.3, -0.25) is 19.4 Å². The van der Waals surface area contributed by atoms with E-state index in [4.69, 9.17) is 0 Å². The van der Waals surface area contributed by atoms with E-state index in [1.807, 2.05) is 31.2 Å². The van der Waals surface area contributed by atoms with Crippen LogP contribution in [0.2, 0.25) is 0 Å². The van der Waals surface area contributed by atoms with Crippen molar-refractivity contribution in [3.8, 4) is 11.1 Å². The van der Waals surface area contributed by atoms with Crippen molar-refractivity contribution in [3.63, 3.8) is 0 Å². The van der Waals surface area contributed by atoms with Crippen LogP contribution in [0.1, 0.15) is 24.2 Å². The monoisotopic (exact) mass is 444 g/mol. The fourth-order valence-electron chi connectivity index (χ4n) is 4.12. The van der Waals surface area contributed by atoms with Gasteiger partial charge >= 0.3 is 6.09 Å². The van der Waals surface area contributed by atoms with Crippen LogP contribution in [0.5, 0.6) is 0 Å². The molecule has 1 atom stereocenters. The molecular formula is C25H24N4O4. The maximum Gasteiger partial charge on any atom is 0.411 e. The Kier molecular flexibility index (Phi) is 5.83. The molecular weight excluding hydrogens is 420 g/mol. The number of anilines is 3. The number of fused-ring (bicyclic) bond motifs is 1. The quantitative estimate of drug-likeness (QED) is 0.651. The molecule has 0 saturated carbocycles. The molecule has 0 aliphatic carbocycles. The van der Waals surface area contributed by atoms with Gasteiger partial charge in [0.1, 0.15) is 5.82 Å². The zero-order valence-corrected chi connectivity index (χ0v) is 18.6. The standard InChI is InChI=1S/C25H24N4O4/c1-16-15-28(25(32)33)22-14-20(11-12-21(22)29(16)17(2)30)18-7-9-19(10-8-18)24(31)27(3)23-6-4-5-13-26-23/h4-14,16H,15H2,1-3H3,(H,32,33)/t16-/m0/s1. The van der Waals surface area contributed by atoms with Crippen molar-refractivity contribution in [2.24, 2.45) is 0 Å². The highest BCUT2D eigenvalue weighted by atomic mass is 16.4. The van der Waals surface area contributed by atoms with E-state index in [0.717, 1.165) is 11.1 Å². The van der Waals surface area contributed by atoms with Gasteiger partial charge in [0.25, 0.3) is 5.91 Å². The third-order valence-corrected chi connectivity index (χ3v) is 5.75. The minimum absolute atomic E-state index is 0.138. The van der Waals surface area contributed by atoms with Crippen LogP contribution in [0.4, 0.5) is 22.0 Å². The highest BCUT2D eigenvalue weighted by Crippen LogP contribution is 2.39. The van der Waals surface area contributed by atoms with Gasteiger partial charge in [-0.2, -0.15) is 0 Å². The van der Waals surface area contributed by atoms with Crippen LogP contribution in [-0.2, 0) is 4.79 Å². The summed E-state index contributed by atoms with van der Waals surface area (Å²) in [5.41, 5.74) is 3.15. The summed E-state index contributed by atoms with van der Waals surface area (Å²) >= 11 is 0. The lowest BCUT2D eigenvalue weighted by molar-refractivity contribution is -0.117. The molecule has 0 spiro atoms. The number of benzene rings is 2. The van der Waals surface area contributed by atoms with E-state index in [1.54, 1.807) is 54.5 Å². The van der Waals surface area contributed by atoms with Crippen LogP contribution in [0.25, 0.3) is 11.1 Å². The average Bonchev–Trinajstić information content (AvgIpc) is 2.82. The molecule has 4 rings (SSSR count). The number of hydrogen-bond donors (Lipinski definition) is 1. The van der Waals surface area contributed by atoms with Crippen LogP contribution >= 0.6 is 0 Å². The van der Waals surface area contributed by atoms with E-state index in [1.165, 1.54) is 16.7 Å². The van der Waals surface area contributed by atoms with Gasteiger partial charge in [0.15, 0.2) is 0 Å². The van der Waals surface area contributed by atoms with E-state index < -0.39 is 6.09 Å². The lowest BCUT2D eigenvalue weighted by Crippen LogP contribution is -2.51. The highest BCUT2D eigenvalue weighted by Gasteiger charge is 2.33. The van der Waals surface area contributed by atoms with Crippen molar-refractivity contribution in [1.29, 1.82) is 0 Å². The number of carboxylic acid groups (broad SMARTS) is 1. The number of hydrogen-bond acceptors (Lipinski definition) is 4. The largest absolute Gasteiger partial charge is 0.465 e. The number of carbonyl (C=O) groups excluding carboxylic acids is 2. The SMILES string of the molecule is CC(=O)N1c2ccc(-c3ccc(C(=O)N(C)c4ccccn4)cc3)cc2N(C(=O)O)C[C@@H]1C. The summed E-state index contributed by atoms with van der Waals surface area (Å²) in [4.78, 5) is 45.4. The van der Waals surface area contributed by atoms with Gasteiger partial charge in [-0.05, 0) is 54.4 Å². The molecule has 3 aromatic rings. The summed E-state index contributed by atoms with van der Waals surface area (Å²) < 4.78 is 0. The Bertz CT molecular complexity index is 1210. The molecule has 1 aliphatic heterocycles. The van der Waals surface area contributed by atoms with Crippen LogP contribution < -0.4 is 14.7 Å². The second kappa shape index (κ2) is 8.74. The molecule has 0 unspecified atom stereocenters. The van der Waals surface area contributed by atoms with E-state index in [2.05, 4.69) is 4.98 Å². The van der Waals surface area contributed by atoms with E-state index >= 15 is 0 Å². The normalized spacial score (nSPS) is 15.1. The summed E-state index contributed by atoms with van der Waals surface area (Å²) in [7, 11) is 1.67. The Morgan fingerprint density at radius 1 is 1.00 bits per heavy atom. The summed E-state index contributed by atoms with van der Waals surface area (Å²) in [6.45, 7) is 3.49. The number of amides is 3. The molecule has 8 nitrogen and oxygen atoms in total. The van der Waals surface area contributed by atoms with Gasteiger partial charge in [0.05, 0.1) is 17.4 Å². The topological polar surface area (TPSA) is 94.1 Å².